The third-order valence-corrected chi connectivity index (χ3v) is 8.93. The van der Waals surface area contributed by atoms with Crippen LogP contribution in [-0.4, -0.2) is 14.5 Å². The fourth-order valence-corrected chi connectivity index (χ4v) is 3.22. The number of nitrogens with two attached hydrogens (primary N) is 1. The Bertz CT molecular complexity index is 530. The molecule has 0 spiro atoms. The van der Waals surface area contributed by atoms with Crippen LogP contribution in [0.1, 0.15) is 38.0 Å². The topological polar surface area (TPSA) is 35.2 Å². The molecule has 0 radical (unpaired) electrons. The standard InChI is InChI=1S/C15H23ClF3NOSi/c1-9-7-10(8-11(16)12(9)20)13(15(17,18)19)21-22(5,6)14(2,3)4/h7-8,13H,20H2,1-6H3. The van der Waals surface area contributed by atoms with Gasteiger partial charge in [-0.25, -0.2) is 0 Å². The molecule has 0 fully saturated rings. The Balaban J connectivity index is 3.33. The van der Waals surface area contributed by atoms with Crippen LogP contribution in [0.4, 0.5) is 18.9 Å². The van der Waals surface area contributed by atoms with Gasteiger partial charge in [-0.2, -0.15) is 13.2 Å². The second-order valence-electron chi connectivity index (χ2n) is 7.03. The average Bonchev–Trinajstić information content (AvgIpc) is 2.29. The molecule has 0 amide bonds. The van der Waals surface area contributed by atoms with Gasteiger partial charge in [0.05, 0.1) is 10.7 Å². The van der Waals surface area contributed by atoms with Crippen LogP contribution in [0.15, 0.2) is 12.1 Å². The van der Waals surface area contributed by atoms with Crippen LogP contribution >= 0.6 is 11.6 Å². The number of hydrogen-bond donors (Lipinski definition) is 1. The summed E-state index contributed by atoms with van der Waals surface area (Å²) in [6.45, 7) is 10.9. The lowest BCUT2D eigenvalue weighted by Crippen LogP contribution is -2.44. The van der Waals surface area contributed by atoms with Crippen molar-refractivity contribution in [2.75, 3.05) is 5.73 Å². The first kappa shape index (κ1) is 19.3. The van der Waals surface area contributed by atoms with Crippen LogP contribution in [-0.2, 0) is 4.43 Å². The second-order valence-corrected chi connectivity index (χ2v) is 12.2. The molecule has 2 nitrogen and oxygen atoms in total. The van der Waals surface area contributed by atoms with Crippen LogP contribution in [0.3, 0.4) is 0 Å². The Morgan fingerprint density at radius 1 is 1.18 bits per heavy atom. The Labute approximate surface area is 135 Å². The summed E-state index contributed by atoms with van der Waals surface area (Å²) >= 11 is 5.94. The number of benzene rings is 1. The first-order valence-corrected chi connectivity index (χ1v) is 10.3. The molecule has 0 heterocycles. The van der Waals surface area contributed by atoms with Crippen molar-refractivity contribution < 1.29 is 17.6 Å². The molecule has 126 valence electrons. The Morgan fingerprint density at radius 2 is 1.68 bits per heavy atom. The first-order chi connectivity index (χ1) is 9.67. The molecule has 0 aliphatic carbocycles. The van der Waals surface area contributed by atoms with Gasteiger partial charge in [0, 0.05) is 0 Å². The van der Waals surface area contributed by atoms with E-state index in [1.807, 2.05) is 20.8 Å². The summed E-state index contributed by atoms with van der Waals surface area (Å²) in [5, 5.41) is -0.216. The first-order valence-electron chi connectivity index (χ1n) is 6.97. The third-order valence-electron chi connectivity index (χ3n) is 4.18. The Morgan fingerprint density at radius 3 is 2.05 bits per heavy atom. The molecular weight excluding hydrogens is 331 g/mol. The predicted molar refractivity (Wildman–Crippen MR) is 87.7 cm³/mol. The monoisotopic (exact) mass is 353 g/mol. The van der Waals surface area contributed by atoms with E-state index in [4.69, 9.17) is 21.8 Å². The Hall–Kier alpha value is -0.723. The molecule has 0 aliphatic heterocycles. The zero-order valence-corrected chi connectivity index (χ0v) is 15.5. The molecule has 0 saturated carbocycles. The summed E-state index contributed by atoms with van der Waals surface area (Å²) in [4.78, 5) is 0. The molecule has 1 rings (SSSR count). The summed E-state index contributed by atoms with van der Waals surface area (Å²) in [7, 11) is -2.60. The zero-order chi connectivity index (χ0) is 17.5. The molecule has 1 aromatic rings. The summed E-state index contributed by atoms with van der Waals surface area (Å²) in [6.07, 6.45) is -6.51. The highest BCUT2D eigenvalue weighted by atomic mass is 35.5. The van der Waals surface area contributed by atoms with Gasteiger partial charge in [-0.15, -0.1) is 0 Å². The van der Waals surface area contributed by atoms with Crippen molar-refractivity contribution in [3.8, 4) is 0 Å². The van der Waals surface area contributed by atoms with Crippen molar-refractivity contribution >= 4 is 25.6 Å². The number of anilines is 1. The average molecular weight is 354 g/mol. The minimum Gasteiger partial charge on any atom is -0.402 e. The van der Waals surface area contributed by atoms with E-state index in [1.165, 1.54) is 12.1 Å². The zero-order valence-electron chi connectivity index (χ0n) is 13.7. The molecule has 22 heavy (non-hydrogen) atoms. The number of halogens is 4. The van der Waals surface area contributed by atoms with Gasteiger partial charge in [0.1, 0.15) is 0 Å². The summed E-state index contributed by atoms with van der Waals surface area (Å²) < 4.78 is 46.2. The SMILES string of the molecule is Cc1cc(C(O[Si](C)(C)C(C)(C)C)C(F)(F)F)cc(Cl)c1N. The minimum absolute atomic E-state index is 0.00553. The summed E-state index contributed by atoms with van der Waals surface area (Å²) in [5.74, 6) is 0. The number of aryl methyl sites for hydroxylation is 1. The molecule has 0 saturated heterocycles. The van der Waals surface area contributed by atoms with Crippen LogP contribution < -0.4 is 5.73 Å². The maximum Gasteiger partial charge on any atom is 0.417 e. The van der Waals surface area contributed by atoms with Crippen molar-refractivity contribution in [3.63, 3.8) is 0 Å². The van der Waals surface area contributed by atoms with E-state index in [9.17, 15) is 13.2 Å². The van der Waals surface area contributed by atoms with Gasteiger partial charge >= 0.3 is 6.18 Å². The molecule has 7 heteroatoms. The van der Waals surface area contributed by atoms with Gasteiger partial charge in [0.2, 0.25) is 0 Å². The van der Waals surface area contributed by atoms with Crippen molar-refractivity contribution in [2.45, 2.75) is 58.1 Å². The molecule has 2 N–H and O–H groups in total. The van der Waals surface area contributed by atoms with Crippen LogP contribution in [0.25, 0.3) is 0 Å². The quantitative estimate of drug-likeness (QED) is 0.546. The van der Waals surface area contributed by atoms with E-state index in [0.29, 0.717) is 11.3 Å². The molecule has 1 unspecified atom stereocenters. The van der Waals surface area contributed by atoms with Gasteiger partial charge < -0.3 is 10.2 Å². The van der Waals surface area contributed by atoms with Gasteiger partial charge in [0.15, 0.2) is 14.4 Å². The van der Waals surface area contributed by atoms with E-state index < -0.39 is 20.6 Å². The van der Waals surface area contributed by atoms with Gasteiger partial charge in [0.25, 0.3) is 0 Å². The van der Waals surface area contributed by atoms with E-state index in [2.05, 4.69) is 0 Å². The molecule has 0 bridgehead atoms. The molecule has 1 atom stereocenters. The highest BCUT2D eigenvalue weighted by molar-refractivity contribution is 6.74. The van der Waals surface area contributed by atoms with Crippen molar-refractivity contribution in [1.82, 2.24) is 0 Å². The van der Waals surface area contributed by atoms with Crippen molar-refractivity contribution in [3.05, 3.63) is 28.3 Å². The lowest BCUT2D eigenvalue weighted by molar-refractivity contribution is -0.201. The van der Waals surface area contributed by atoms with E-state index >= 15 is 0 Å². The van der Waals surface area contributed by atoms with Crippen molar-refractivity contribution in [2.24, 2.45) is 0 Å². The number of hydrogen-bond acceptors (Lipinski definition) is 2. The van der Waals surface area contributed by atoms with Crippen LogP contribution in [0, 0.1) is 6.92 Å². The van der Waals surface area contributed by atoms with E-state index in [0.717, 1.165) is 0 Å². The predicted octanol–water partition coefficient (Wildman–Crippen LogP) is 5.86. The molecule has 1 aromatic carbocycles. The maximum atomic E-state index is 13.5. The minimum atomic E-state index is -4.51. The van der Waals surface area contributed by atoms with Gasteiger partial charge in [-0.1, -0.05) is 38.4 Å². The third kappa shape index (κ3) is 4.17. The van der Waals surface area contributed by atoms with Gasteiger partial charge in [-0.05, 0) is 42.2 Å². The number of alkyl halides is 3. The summed E-state index contributed by atoms with van der Waals surface area (Å²) in [6, 6.07) is 2.64. The van der Waals surface area contributed by atoms with E-state index in [-0.39, 0.29) is 15.6 Å². The maximum absolute atomic E-state index is 13.5. The number of rotatable bonds is 3. The molecule has 0 aliphatic rings. The fourth-order valence-electron chi connectivity index (χ4n) is 1.73. The number of nitrogen functional groups attached to an aromatic ring is 1. The summed E-state index contributed by atoms with van der Waals surface area (Å²) in [5.41, 5.74) is 6.51. The van der Waals surface area contributed by atoms with E-state index in [1.54, 1.807) is 20.0 Å². The highest BCUT2D eigenvalue weighted by Crippen LogP contribution is 2.45. The Kier molecular flexibility index (Phi) is 5.32. The fraction of sp³-hybridized carbons (Fsp3) is 0.600. The second kappa shape index (κ2) is 6.05. The molecule has 0 aromatic heterocycles. The highest BCUT2D eigenvalue weighted by Gasteiger charge is 2.48. The molecular formula is C15H23ClF3NOSi. The lowest BCUT2D eigenvalue weighted by Gasteiger charge is -2.40. The van der Waals surface area contributed by atoms with Crippen LogP contribution in [0.5, 0.6) is 0 Å². The lowest BCUT2D eigenvalue weighted by atomic mass is 10.0. The largest absolute Gasteiger partial charge is 0.417 e. The van der Waals surface area contributed by atoms with Gasteiger partial charge in [-0.3, -0.25) is 0 Å². The van der Waals surface area contributed by atoms with Crippen LogP contribution in [0.2, 0.25) is 23.2 Å². The van der Waals surface area contributed by atoms with Crippen molar-refractivity contribution in [1.29, 1.82) is 0 Å². The smallest absolute Gasteiger partial charge is 0.402 e. The normalized spacial score (nSPS) is 15.0.